The molecular formula is C12H19N3OS2. The molecule has 100 valence electrons. The van der Waals surface area contributed by atoms with Crippen LogP contribution < -0.4 is 4.90 Å². The van der Waals surface area contributed by atoms with Crippen molar-refractivity contribution in [2.45, 2.75) is 39.0 Å². The molecule has 18 heavy (non-hydrogen) atoms. The molecule has 4 nitrogen and oxygen atoms in total. The standard InChI is InChI=1S/C12H19N3OS2/c1-3-9(4-2)11-13-14-12(18-11)15-6-8(7-17)5-10(15)16/h8-9,17H,3-7H2,1-2H3. The number of nitrogens with zero attached hydrogens (tertiary/aromatic N) is 3. The maximum Gasteiger partial charge on any atom is 0.229 e. The second kappa shape index (κ2) is 6.02. The highest BCUT2D eigenvalue weighted by Crippen LogP contribution is 2.33. The Kier molecular flexibility index (Phi) is 4.61. The Balaban J connectivity index is 2.13. The SMILES string of the molecule is CCC(CC)c1nnc(N2CC(CS)CC2=O)s1. The number of amides is 1. The van der Waals surface area contributed by atoms with Gasteiger partial charge in [0, 0.05) is 18.9 Å². The lowest BCUT2D eigenvalue weighted by molar-refractivity contribution is -0.117. The summed E-state index contributed by atoms with van der Waals surface area (Å²) in [5.74, 6) is 1.72. The van der Waals surface area contributed by atoms with Crippen LogP contribution in [0.4, 0.5) is 5.13 Å². The Morgan fingerprint density at radius 1 is 1.44 bits per heavy atom. The second-order valence-corrected chi connectivity index (χ2v) is 6.05. The molecule has 1 fully saturated rings. The van der Waals surface area contributed by atoms with E-state index in [1.165, 1.54) is 0 Å². The molecule has 2 heterocycles. The first-order valence-corrected chi connectivity index (χ1v) is 7.89. The Morgan fingerprint density at radius 3 is 2.72 bits per heavy atom. The Bertz CT molecular complexity index is 417. The summed E-state index contributed by atoms with van der Waals surface area (Å²) in [6.45, 7) is 5.06. The van der Waals surface area contributed by atoms with Crippen molar-refractivity contribution >= 4 is 35.0 Å². The number of thiol groups is 1. The van der Waals surface area contributed by atoms with Gasteiger partial charge in [0.05, 0.1) is 0 Å². The third kappa shape index (κ3) is 2.69. The zero-order chi connectivity index (χ0) is 13.1. The lowest BCUT2D eigenvalue weighted by atomic mass is 10.1. The number of rotatable bonds is 5. The van der Waals surface area contributed by atoms with Crippen LogP contribution in [-0.2, 0) is 4.79 Å². The molecule has 1 atom stereocenters. The van der Waals surface area contributed by atoms with Crippen LogP contribution in [0.15, 0.2) is 0 Å². The topological polar surface area (TPSA) is 46.1 Å². The van der Waals surface area contributed by atoms with Gasteiger partial charge in [-0.1, -0.05) is 25.2 Å². The van der Waals surface area contributed by atoms with E-state index in [0.29, 0.717) is 18.3 Å². The minimum atomic E-state index is 0.154. The number of carbonyl (C=O) groups is 1. The summed E-state index contributed by atoms with van der Waals surface area (Å²) in [5, 5.41) is 10.2. The molecule has 1 amide bonds. The van der Waals surface area contributed by atoms with E-state index in [9.17, 15) is 4.79 Å². The van der Waals surface area contributed by atoms with E-state index in [1.54, 1.807) is 16.2 Å². The molecule has 1 aromatic heterocycles. The van der Waals surface area contributed by atoms with Crippen molar-refractivity contribution in [3.8, 4) is 0 Å². The highest BCUT2D eigenvalue weighted by atomic mass is 32.1. The largest absolute Gasteiger partial charge is 0.286 e. The van der Waals surface area contributed by atoms with Crippen molar-refractivity contribution in [2.24, 2.45) is 5.92 Å². The lowest BCUT2D eigenvalue weighted by Gasteiger charge is -2.11. The van der Waals surface area contributed by atoms with E-state index >= 15 is 0 Å². The average Bonchev–Trinajstić information content (AvgIpc) is 2.97. The van der Waals surface area contributed by atoms with Crippen LogP contribution in [0.1, 0.15) is 44.0 Å². The van der Waals surface area contributed by atoms with Crippen LogP contribution in [0.2, 0.25) is 0 Å². The quantitative estimate of drug-likeness (QED) is 0.846. The van der Waals surface area contributed by atoms with Crippen LogP contribution >= 0.6 is 24.0 Å². The number of aromatic nitrogens is 2. The Labute approximate surface area is 117 Å². The van der Waals surface area contributed by atoms with Gasteiger partial charge in [-0.25, -0.2) is 0 Å². The van der Waals surface area contributed by atoms with Gasteiger partial charge < -0.3 is 0 Å². The van der Waals surface area contributed by atoms with Crippen molar-refractivity contribution in [1.29, 1.82) is 0 Å². The van der Waals surface area contributed by atoms with E-state index in [4.69, 9.17) is 0 Å². The fourth-order valence-electron chi connectivity index (χ4n) is 2.23. The molecule has 6 heteroatoms. The molecular weight excluding hydrogens is 266 g/mol. The minimum absolute atomic E-state index is 0.154. The summed E-state index contributed by atoms with van der Waals surface area (Å²) < 4.78 is 0. The zero-order valence-corrected chi connectivity index (χ0v) is 12.5. The third-order valence-electron chi connectivity index (χ3n) is 3.46. The summed E-state index contributed by atoms with van der Waals surface area (Å²) in [5.41, 5.74) is 0. The average molecular weight is 285 g/mol. The van der Waals surface area contributed by atoms with Gasteiger partial charge in [-0.15, -0.1) is 10.2 Å². The number of hydrogen-bond donors (Lipinski definition) is 1. The molecule has 0 spiro atoms. The van der Waals surface area contributed by atoms with Gasteiger partial charge in [-0.05, 0) is 24.5 Å². The van der Waals surface area contributed by atoms with Crippen molar-refractivity contribution in [3.05, 3.63) is 5.01 Å². The summed E-state index contributed by atoms with van der Waals surface area (Å²) in [6, 6.07) is 0. The minimum Gasteiger partial charge on any atom is -0.286 e. The zero-order valence-electron chi connectivity index (χ0n) is 10.8. The van der Waals surface area contributed by atoms with Gasteiger partial charge in [0.1, 0.15) is 5.01 Å². The summed E-state index contributed by atoms with van der Waals surface area (Å²) in [4.78, 5) is 13.7. The third-order valence-corrected chi connectivity index (χ3v) is 5.08. The molecule has 0 aliphatic carbocycles. The van der Waals surface area contributed by atoms with E-state index in [2.05, 4.69) is 36.7 Å². The first-order chi connectivity index (χ1) is 8.69. The maximum absolute atomic E-state index is 11.9. The van der Waals surface area contributed by atoms with E-state index < -0.39 is 0 Å². The van der Waals surface area contributed by atoms with Crippen molar-refractivity contribution in [3.63, 3.8) is 0 Å². The van der Waals surface area contributed by atoms with Gasteiger partial charge in [-0.2, -0.15) is 12.6 Å². The van der Waals surface area contributed by atoms with E-state index in [0.717, 1.165) is 35.3 Å². The molecule has 1 unspecified atom stereocenters. The predicted molar refractivity (Wildman–Crippen MR) is 77.5 cm³/mol. The summed E-state index contributed by atoms with van der Waals surface area (Å²) in [7, 11) is 0. The van der Waals surface area contributed by atoms with Gasteiger partial charge >= 0.3 is 0 Å². The Morgan fingerprint density at radius 2 is 2.17 bits per heavy atom. The molecule has 1 aliphatic rings. The van der Waals surface area contributed by atoms with Crippen molar-refractivity contribution in [2.75, 3.05) is 17.2 Å². The molecule has 0 N–H and O–H groups in total. The molecule has 0 saturated carbocycles. The summed E-state index contributed by atoms with van der Waals surface area (Å²) in [6.07, 6.45) is 2.72. The fraction of sp³-hybridized carbons (Fsp3) is 0.750. The molecule has 1 saturated heterocycles. The number of anilines is 1. The first kappa shape index (κ1) is 13.8. The van der Waals surface area contributed by atoms with Gasteiger partial charge in [0.15, 0.2) is 0 Å². The maximum atomic E-state index is 11.9. The first-order valence-electron chi connectivity index (χ1n) is 6.44. The molecule has 2 rings (SSSR count). The fourth-order valence-corrected chi connectivity index (χ4v) is 3.61. The van der Waals surface area contributed by atoms with Gasteiger partial charge in [0.2, 0.25) is 11.0 Å². The van der Waals surface area contributed by atoms with Crippen LogP contribution in [0.5, 0.6) is 0 Å². The molecule has 1 aliphatic heterocycles. The lowest BCUT2D eigenvalue weighted by Crippen LogP contribution is -2.24. The van der Waals surface area contributed by atoms with Gasteiger partial charge in [0.25, 0.3) is 0 Å². The van der Waals surface area contributed by atoms with Crippen LogP contribution in [0.25, 0.3) is 0 Å². The van der Waals surface area contributed by atoms with E-state index in [-0.39, 0.29) is 5.91 Å². The monoisotopic (exact) mass is 285 g/mol. The predicted octanol–water partition coefficient (Wildman–Crippen LogP) is 2.72. The smallest absolute Gasteiger partial charge is 0.229 e. The second-order valence-electron chi connectivity index (χ2n) is 4.69. The molecule has 1 aromatic rings. The van der Waals surface area contributed by atoms with Crippen molar-refractivity contribution in [1.82, 2.24) is 10.2 Å². The van der Waals surface area contributed by atoms with E-state index in [1.807, 2.05) is 0 Å². The summed E-state index contributed by atoms with van der Waals surface area (Å²) >= 11 is 5.83. The van der Waals surface area contributed by atoms with Gasteiger partial charge in [-0.3, -0.25) is 9.69 Å². The Hall–Kier alpha value is -0.620. The van der Waals surface area contributed by atoms with Crippen molar-refractivity contribution < 1.29 is 4.79 Å². The van der Waals surface area contributed by atoms with Crippen LogP contribution in [-0.4, -0.2) is 28.4 Å². The van der Waals surface area contributed by atoms with Crippen LogP contribution in [0.3, 0.4) is 0 Å². The molecule has 0 bridgehead atoms. The van der Waals surface area contributed by atoms with Crippen LogP contribution in [0, 0.1) is 5.92 Å². The highest BCUT2D eigenvalue weighted by Gasteiger charge is 2.32. The molecule has 0 aromatic carbocycles. The molecule has 0 radical (unpaired) electrons. The number of carbonyl (C=O) groups excluding carboxylic acids is 1. The highest BCUT2D eigenvalue weighted by molar-refractivity contribution is 7.80. The normalized spacial score (nSPS) is 20.1. The number of hydrogen-bond acceptors (Lipinski definition) is 5.